The molecule has 0 aliphatic rings. The first-order valence-electron chi connectivity index (χ1n) is 8.59. The van der Waals surface area contributed by atoms with Crippen LogP contribution in [-0.2, 0) is 18.9 Å². The molecule has 0 radical (unpaired) electrons. The minimum Gasteiger partial charge on any atom is -0.378 e. The highest BCUT2D eigenvalue weighted by Crippen LogP contribution is 2.17. The van der Waals surface area contributed by atoms with Gasteiger partial charge in [0.2, 0.25) is 0 Å². The van der Waals surface area contributed by atoms with Gasteiger partial charge in [-0.3, -0.25) is 4.79 Å². The maximum absolute atomic E-state index is 13.9. The van der Waals surface area contributed by atoms with Crippen LogP contribution in [0.15, 0.2) is 0 Å². The smallest absolute Gasteiger partial charge is 0.276 e. The molecule has 2 N–H and O–H groups in total. The van der Waals surface area contributed by atoms with Gasteiger partial charge in [-0.25, -0.2) is 4.39 Å². The fourth-order valence-corrected chi connectivity index (χ4v) is 1.83. The minimum absolute atomic E-state index is 0.138. The van der Waals surface area contributed by atoms with Crippen molar-refractivity contribution in [1.82, 2.24) is 10.6 Å². The van der Waals surface area contributed by atoms with Crippen molar-refractivity contribution in [2.45, 2.75) is 32.5 Å². The maximum Gasteiger partial charge on any atom is 0.276 e. The molecule has 1 unspecified atom stereocenters. The molecule has 0 rings (SSSR count). The van der Waals surface area contributed by atoms with Crippen LogP contribution in [0.25, 0.3) is 0 Å². The quantitative estimate of drug-likeness (QED) is 0.260. The van der Waals surface area contributed by atoms with Gasteiger partial charge in [0.05, 0.1) is 58.4 Å². The van der Waals surface area contributed by atoms with Gasteiger partial charge >= 0.3 is 0 Å². The van der Waals surface area contributed by atoms with Crippen molar-refractivity contribution in [3.8, 4) is 0 Å². The second kappa shape index (κ2) is 15.8. The van der Waals surface area contributed by atoms with Gasteiger partial charge in [-0.1, -0.05) is 19.6 Å². The van der Waals surface area contributed by atoms with Crippen LogP contribution < -0.4 is 10.6 Å². The molecule has 1 amide bonds. The van der Waals surface area contributed by atoms with E-state index in [1.54, 1.807) is 13.8 Å². The molecule has 7 nitrogen and oxygen atoms in total. The predicted molar refractivity (Wildman–Crippen MR) is 98.3 cm³/mol. The van der Waals surface area contributed by atoms with Gasteiger partial charge in [-0.05, 0) is 20.4 Å². The molecule has 150 valence electrons. The molecule has 0 saturated carbocycles. The van der Waals surface area contributed by atoms with Crippen molar-refractivity contribution in [1.29, 1.82) is 0 Å². The molecule has 9 heteroatoms. The average molecular weight is 385 g/mol. The summed E-state index contributed by atoms with van der Waals surface area (Å²) in [5, 5.41) is 4.91. The molecule has 0 aliphatic carbocycles. The first-order chi connectivity index (χ1) is 11.9. The molecule has 0 fully saturated rings. The zero-order valence-electron chi connectivity index (χ0n) is 15.5. The summed E-state index contributed by atoms with van der Waals surface area (Å²) in [5.74, 6) is 0. The number of ether oxygens (including phenoxy) is 4. The fourth-order valence-electron chi connectivity index (χ4n) is 1.74. The Morgan fingerprint density at radius 2 is 1.56 bits per heavy atom. The molecule has 0 aromatic heterocycles. The van der Waals surface area contributed by atoms with Crippen molar-refractivity contribution >= 4 is 17.9 Å². The van der Waals surface area contributed by atoms with Gasteiger partial charge in [0.25, 0.3) is 5.24 Å². The van der Waals surface area contributed by atoms with Gasteiger partial charge in [-0.15, -0.1) is 0 Å². The number of carbonyl (C=O) groups is 1. The second-order valence-corrected chi connectivity index (χ2v) is 6.20. The molecule has 0 bridgehead atoms. The highest BCUT2D eigenvalue weighted by molar-refractivity contribution is 7.96. The summed E-state index contributed by atoms with van der Waals surface area (Å²) in [6.07, 6.45) is -1.33. The van der Waals surface area contributed by atoms with E-state index in [9.17, 15) is 9.18 Å². The molecule has 0 aromatic rings. The van der Waals surface area contributed by atoms with Crippen molar-refractivity contribution in [3.63, 3.8) is 0 Å². The summed E-state index contributed by atoms with van der Waals surface area (Å²) in [6, 6.07) is 0. The Hall–Kier alpha value is -0.450. The van der Waals surface area contributed by atoms with Gasteiger partial charge in [0, 0.05) is 6.54 Å². The Morgan fingerprint density at radius 1 is 1.04 bits per heavy atom. The highest BCUT2D eigenvalue weighted by Gasteiger charge is 2.30. The fraction of sp³-hybridized carbons (Fsp3) is 0.938. The first-order valence-corrected chi connectivity index (χ1v) is 9.03. The number of amides is 1. The lowest BCUT2D eigenvalue weighted by atomic mass is 10.0. The Kier molecular flexibility index (Phi) is 15.5. The Labute approximate surface area is 155 Å². The zero-order valence-corrected chi connectivity index (χ0v) is 16.4. The van der Waals surface area contributed by atoms with Crippen LogP contribution in [0.4, 0.5) is 9.18 Å². The van der Waals surface area contributed by atoms with Crippen molar-refractivity contribution in [3.05, 3.63) is 0 Å². The van der Waals surface area contributed by atoms with E-state index < -0.39 is 17.0 Å². The molecule has 0 saturated heterocycles. The molecule has 0 spiro atoms. The summed E-state index contributed by atoms with van der Waals surface area (Å²) in [6.45, 7) is 10.2. The largest absolute Gasteiger partial charge is 0.378 e. The first kappa shape index (κ1) is 24.6. The van der Waals surface area contributed by atoms with Crippen molar-refractivity contribution < 1.29 is 28.1 Å². The summed E-state index contributed by atoms with van der Waals surface area (Å²) in [4.78, 5) is 10.7. The van der Waals surface area contributed by atoms with Gasteiger partial charge < -0.3 is 29.6 Å². The molecular formula is C16H33FN2O5S. The Balaban J connectivity index is 3.43. The average Bonchev–Trinajstić information content (AvgIpc) is 2.56. The molecule has 0 heterocycles. The topological polar surface area (TPSA) is 78.1 Å². The number of halogens is 1. The lowest BCUT2D eigenvalue weighted by Crippen LogP contribution is -2.43. The van der Waals surface area contributed by atoms with E-state index in [0.29, 0.717) is 39.6 Å². The number of alkyl halides is 1. The van der Waals surface area contributed by atoms with Crippen LogP contribution in [0.2, 0.25) is 0 Å². The third kappa shape index (κ3) is 15.5. The molecule has 25 heavy (non-hydrogen) atoms. The van der Waals surface area contributed by atoms with Crippen LogP contribution in [0.3, 0.4) is 0 Å². The number of likely N-dealkylation sites (N-methyl/N-ethyl adjacent to an activating group) is 1. The normalized spacial score (nSPS) is 13.0. The van der Waals surface area contributed by atoms with Crippen LogP contribution in [-0.4, -0.2) is 82.9 Å². The van der Waals surface area contributed by atoms with Gasteiger partial charge in [-0.2, -0.15) is 0 Å². The monoisotopic (exact) mass is 384 g/mol. The summed E-state index contributed by atoms with van der Waals surface area (Å²) >= 11 is 3.53. The molecule has 1 atom stereocenters. The van der Waals surface area contributed by atoms with Crippen LogP contribution in [0, 0.1) is 0 Å². The van der Waals surface area contributed by atoms with Crippen LogP contribution >= 0.6 is 12.6 Å². The third-order valence-electron chi connectivity index (χ3n) is 3.31. The zero-order chi connectivity index (χ0) is 19.0. The summed E-state index contributed by atoms with van der Waals surface area (Å²) in [7, 11) is 0. The lowest BCUT2D eigenvalue weighted by molar-refractivity contribution is -0.0893. The van der Waals surface area contributed by atoms with E-state index >= 15 is 0 Å². The standard InChI is InChI=1S/C16H33FN2O5S/c1-4-18-5-6-21-7-8-22-9-10-23-11-12-24-16(2,3)14(17)13-19-15(20)25/h14,18H,4-13H2,1-3H3,(H2,19,20,25). The van der Waals surface area contributed by atoms with Crippen molar-refractivity contribution in [2.75, 3.05) is 65.9 Å². The van der Waals surface area contributed by atoms with E-state index in [2.05, 4.69) is 23.3 Å². The highest BCUT2D eigenvalue weighted by atomic mass is 32.1. The number of carbonyl (C=O) groups excluding carboxylic acids is 1. The molecule has 0 aliphatic heterocycles. The SMILES string of the molecule is CCNCCOCCOCCOCCOC(C)(C)C(F)CNC(=O)S. The van der Waals surface area contributed by atoms with E-state index in [1.807, 2.05) is 6.92 Å². The van der Waals surface area contributed by atoms with Crippen LogP contribution in [0.5, 0.6) is 0 Å². The molecular weight excluding hydrogens is 351 g/mol. The van der Waals surface area contributed by atoms with E-state index in [-0.39, 0.29) is 13.2 Å². The molecule has 0 aromatic carbocycles. The second-order valence-electron chi connectivity index (χ2n) is 5.80. The van der Waals surface area contributed by atoms with E-state index in [1.165, 1.54) is 0 Å². The van der Waals surface area contributed by atoms with E-state index in [4.69, 9.17) is 18.9 Å². The number of nitrogens with one attached hydrogen (secondary N) is 2. The van der Waals surface area contributed by atoms with Crippen LogP contribution in [0.1, 0.15) is 20.8 Å². The van der Waals surface area contributed by atoms with E-state index in [0.717, 1.165) is 13.1 Å². The number of hydrogen-bond acceptors (Lipinski definition) is 6. The van der Waals surface area contributed by atoms with Gasteiger partial charge in [0.1, 0.15) is 6.17 Å². The Morgan fingerprint density at radius 3 is 2.08 bits per heavy atom. The number of rotatable bonds is 17. The summed E-state index contributed by atoms with van der Waals surface area (Å²) in [5.41, 5.74) is -1.01. The van der Waals surface area contributed by atoms with Gasteiger partial charge in [0.15, 0.2) is 0 Å². The summed E-state index contributed by atoms with van der Waals surface area (Å²) < 4.78 is 35.5. The Bertz CT molecular complexity index is 338. The predicted octanol–water partition coefficient (Wildman–Crippen LogP) is 1.42. The number of thiol groups is 1. The maximum atomic E-state index is 13.9. The number of hydrogen-bond donors (Lipinski definition) is 3. The minimum atomic E-state index is -1.33. The third-order valence-corrected chi connectivity index (χ3v) is 3.46. The van der Waals surface area contributed by atoms with Crippen molar-refractivity contribution in [2.24, 2.45) is 0 Å². The lowest BCUT2D eigenvalue weighted by Gasteiger charge is -2.29.